The van der Waals surface area contributed by atoms with Crippen LogP contribution in [0.4, 0.5) is 0 Å². The number of para-hydroxylation sites is 1. The van der Waals surface area contributed by atoms with Crippen LogP contribution < -0.4 is 4.74 Å². The van der Waals surface area contributed by atoms with Crippen LogP contribution in [0.15, 0.2) is 36.4 Å². The van der Waals surface area contributed by atoms with Crippen LogP contribution in [-0.4, -0.2) is 11.7 Å². The first-order valence-electron chi connectivity index (χ1n) is 7.24. The first-order valence-corrected chi connectivity index (χ1v) is 7.62. The zero-order chi connectivity index (χ0) is 15.0. The van der Waals surface area contributed by atoms with E-state index >= 15 is 0 Å². The number of hydrogen-bond acceptors (Lipinski definition) is 2. The second kappa shape index (κ2) is 5.70. The van der Waals surface area contributed by atoms with Crippen molar-refractivity contribution in [2.75, 3.05) is 6.61 Å². The van der Waals surface area contributed by atoms with Gasteiger partial charge in [-0.25, -0.2) is 0 Å². The minimum Gasteiger partial charge on any atom is -0.493 e. The highest BCUT2D eigenvalue weighted by Crippen LogP contribution is 2.43. The molecule has 0 spiro atoms. The average molecular weight is 303 g/mol. The second-order valence-electron chi connectivity index (χ2n) is 5.68. The maximum Gasteiger partial charge on any atom is 0.122 e. The van der Waals surface area contributed by atoms with E-state index in [1.165, 1.54) is 0 Å². The number of rotatable bonds is 2. The summed E-state index contributed by atoms with van der Waals surface area (Å²) in [5.74, 6) is 0.891. The second-order valence-corrected chi connectivity index (χ2v) is 6.09. The van der Waals surface area contributed by atoms with Crippen LogP contribution in [0, 0.1) is 13.8 Å². The Morgan fingerprint density at radius 2 is 1.90 bits per heavy atom. The van der Waals surface area contributed by atoms with Crippen molar-refractivity contribution in [3.05, 3.63) is 63.7 Å². The van der Waals surface area contributed by atoms with Gasteiger partial charge in [0.25, 0.3) is 0 Å². The molecule has 110 valence electrons. The third-order valence-corrected chi connectivity index (χ3v) is 4.65. The van der Waals surface area contributed by atoms with Crippen LogP contribution in [0.25, 0.3) is 0 Å². The first-order chi connectivity index (χ1) is 10.1. The van der Waals surface area contributed by atoms with Crippen LogP contribution >= 0.6 is 11.6 Å². The molecule has 2 unspecified atom stereocenters. The Labute approximate surface area is 130 Å². The maximum atomic E-state index is 10.8. The van der Waals surface area contributed by atoms with E-state index in [2.05, 4.69) is 0 Å². The molecule has 3 rings (SSSR count). The molecule has 21 heavy (non-hydrogen) atoms. The van der Waals surface area contributed by atoms with E-state index in [4.69, 9.17) is 16.3 Å². The van der Waals surface area contributed by atoms with Crippen LogP contribution in [0.2, 0.25) is 5.02 Å². The molecule has 0 saturated heterocycles. The lowest BCUT2D eigenvalue weighted by Crippen LogP contribution is -2.20. The molecule has 0 fully saturated rings. The number of hydrogen-bond donors (Lipinski definition) is 1. The van der Waals surface area contributed by atoms with Gasteiger partial charge >= 0.3 is 0 Å². The number of fused-ring (bicyclic) bond motifs is 1. The zero-order valence-corrected chi connectivity index (χ0v) is 13.0. The van der Waals surface area contributed by atoms with Crippen LogP contribution in [0.1, 0.15) is 40.7 Å². The van der Waals surface area contributed by atoms with Gasteiger partial charge in [0, 0.05) is 16.5 Å². The van der Waals surface area contributed by atoms with Crippen molar-refractivity contribution in [1.29, 1.82) is 0 Å². The molecule has 1 N–H and O–H groups in total. The van der Waals surface area contributed by atoms with E-state index in [9.17, 15) is 5.11 Å². The number of aryl methyl sites for hydroxylation is 2. The largest absolute Gasteiger partial charge is 0.493 e. The van der Waals surface area contributed by atoms with Gasteiger partial charge in [-0.1, -0.05) is 35.9 Å². The Bertz CT molecular complexity index is 666. The van der Waals surface area contributed by atoms with Gasteiger partial charge in [-0.05, 0) is 49.1 Å². The molecule has 0 aromatic heterocycles. The lowest BCUT2D eigenvalue weighted by molar-refractivity contribution is 0.117. The van der Waals surface area contributed by atoms with Gasteiger partial charge in [0.05, 0.1) is 12.7 Å². The molecule has 1 aliphatic rings. The van der Waals surface area contributed by atoms with Gasteiger partial charge in [0.15, 0.2) is 0 Å². The van der Waals surface area contributed by atoms with E-state index < -0.39 is 6.10 Å². The predicted octanol–water partition coefficient (Wildman–Crippen LogP) is 4.56. The van der Waals surface area contributed by atoms with Crippen molar-refractivity contribution >= 4 is 11.6 Å². The van der Waals surface area contributed by atoms with Crippen molar-refractivity contribution in [2.24, 2.45) is 0 Å². The summed E-state index contributed by atoms with van der Waals surface area (Å²) in [6, 6.07) is 11.8. The van der Waals surface area contributed by atoms with Gasteiger partial charge in [0.1, 0.15) is 5.75 Å². The number of benzene rings is 2. The number of halogens is 1. The summed E-state index contributed by atoms with van der Waals surface area (Å²) in [6.45, 7) is 4.70. The SMILES string of the molecule is Cc1cc(Cl)c(C(O)C2CCOc3ccccc32)cc1C. The van der Waals surface area contributed by atoms with Gasteiger partial charge in [-0.2, -0.15) is 0 Å². The van der Waals surface area contributed by atoms with Gasteiger partial charge in [0.2, 0.25) is 0 Å². The third-order valence-electron chi connectivity index (χ3n) is 4.32. The normalized spacial score (nSPS) is 18.8. The highest BCUT2D eigenvalue weighted by molar-refractivity contribution is 6.31. The van der Waals surface area contributed by atoms with E-state index in [0.717, 1.165) is 34.4 Å². The Morgan fingerprint density at radius 3 is 2.71 bits per heavy atom. The summed E-state index contributed by atoms with van der Waals surface area (Å²) in [5, 5.41) is 11.5. The summed E-state index contributed by atoms with van der Waals surface area (Å²) in [6.07, 6.45) is 0.184. The minimum absolute atomic E-state index is 0.0227. The third kappa shape index (κ3) is 2.66. The van der Waals surface area contributed by atoms with Crippen LogP contribution in [0.5, 0.6) is 5.75 Å². The molecule has 2 aromatic rings. The Kier molecular flexibility index (Phi) is 3.92. The average Bonchev–Trinajstić information content (AvgIpc) is 2.49. The zero-order valence-electron chi connectivity index (χ0n) is 12.3. The number of aliphatic hydroxyl groups is 1. The molecule has 0 aliphatic carbocycles. The van der Waals surface area contributed by atoms with Crippen molar-refractivity contribution in [1.82, 2.24) is 0 Å². The highest BCUT2D eigenvalue weighted by atomic mass is 35.5. The van der Waals surface area contributed by atoms with Gasteiger partial charge in [-0.3, -0.25) is 0 Å². The van der Waals surface area contributed by atoms with Gasteiger partial charge < -0.3 is 9.84 Å². The van der Waals surface area contributed by atoms with E-state index in [-0.39, 0.29) is 5.92 Å². The molecule has 2 atom stereocenters. The molecule has 0 amide bonds. The number of aliphatic hydroxyl groups excluding tert-OH is 1. The molecular formula is C18H19ClO2. The first kappa shape index (κ1) is 14.4. The van der Waals surface area contributed by atoms with Crippen molar-refractivity contribution < 1.29 is 9.84 Å². The molecule has 2 aromatic carbocycles. The minimum atomic E-state index is -0.609. The molecule has 2 nitrogen and oxygen atoms in total. The summed E-state index contributed by atoms with van der Waals surface area (Å²) >= 11 is 6.35. The Morgan fingerprint density at radius 1 is 1.19 bits per heavy atom. The number of ether oxygens (including phenoxy) is 1. The van der Waals surface area contributed by atoms with Crippen molar-refractivity contribution in [2.45, 2.75) is 32.3 Å². The quantitative estimate of drug-likeness (QED) is 0.881. The van der Waals surface area contributed by atoms with E-state index in [1.54, 1.807) is 0 Å². The molecular weight excluding hydrogens is 284 g/mol. The lowest BCUT2D eigenvalue weighted by Gasteiger charge is -2.30. The van der Waals surface area contributed by atoms with Crippen molar-refractivity contribution in [3.63, 3.8) is 0 Å². The summed E-state index contributed by atoms with van der Waals surface area (Å²) in [7, 11) is 0. The van der Waals surface area contributed by atoms with E-state index in [1.807, 2.05) is 50.2 Å². The molecule has 0 saturated carbocycles. The Balaban J connectivity index is 2.00. The molecule has 3 heteroatoms. The summed E-state index contributed by atoms with van der Waals surface area (Å²) in [4.78, 5) is 0. The fourth-order valence-electron chi connectivity index (χ4n) is 2.94. The monoisotopic (exact) mass is 302 g/mol. The smallest absolute Gasteiger partial charge is 0.122 e. The highest BCUT2D eigenvalue weighted by Gasteiger charge is 2.29. The topological polar surface area (TPSA) is 29.5 Å². The molecule has 0 bridgehead atoms. The van der Waals surface area contributed by atoms with Gasteiger partial charge in [-0.15, -0.1) is 0 Å². The summed E-state index contributed by atoms with van der Waals surface area (Å²) in [5.41, 5.74) is 4.16. The fraction of sp³-hybridized carbons (Fsp3) is 0.333. The van der Waals surface area contributed by atoms with Crippen molar-refractivity contribution in [3.8, 4) is 5.75 Å². The summed E-state index contributed by atoms with van der Waals surface area (Å²) < 4.78 is 5.67. The molecule has 0 radical (unpaired) electrons. The van der Waals surface area contributed by atoms with Crippen LogP contribution in [0.3, 0.4) is 0 Å². The maximum absolute atomic E-state index is 10.8. The standard InChI is InChI=1S/C18H19ClO2/c1-11-9-15(16(19)10-12(11)2)18(20)14-7-8-21-17-6-4-3-5-13(14)17/h3-6,9-10,14,18,20H,7-8H2,1-2H3. The van der Waals surface area contributed by atoms with Crippen LogP contribution in [-0.2, 0) is 0 Å². The Hall–Kier alpha value is -1.51. The molecule has 1 aliphatic heterocycles. The lowest BCUT2D eigenvalue weighted by atomic mass is 9.84. The van der Waals surface area contributed by atoms with E-state index in [0.29, 0.717) is 11.6 Å². The molecule has 1 heterocycles. The predicted molar refractivity (Wildman–Crippen MR) is 85.2 cm³/mol. The fourth-order valence-corrected chi connectivity index (χ4v) is 3.27.